The van der Waals surface area contributed by atoms with Crippen molar-refractivity contribution in [2.75, 3.05) is 20.2 Å². The van der Waals surface area contributed by atoms with Crippen molar-refractivity contribution in [2.24, 2.45) is 5.92 Å². The smallest absolute Gasteiger partial charge is 0.259 e. The fourth-order valence-corrected chi connectivity index (χ4v) is 3.66. The molecule has 3 aromatic rings. The van der Waals surface area contributed by atoms with Crippen LogP contribution in [0.5, 0.6) is 5.75 Å². The summed E-state index contributed by atoms with van der Waals surface area (Å²) in [5.41, 5.74) is 1.80. The zero-order chi connectivity index (χ0) is 20.1. The Kier molecular flexibility index (Phi) is 5.84. The van der Waals surface area contributed by atoms with E-state index >= 15 is 0 Å². The number of methoxy groups -OCH3 is 1. The van der Waals surface area contributed by atoms with Gasteiger partial charge < -0.3 is 14.2 Å². The number of pyridine rings is 1. The maximum atomic E-state index is 12.6. The van der Waals surface area contributed by atoms with Gasteiger partial charge in [0.1, 0.15) is 5.75 Å². The summed E-state index contributed by atoms with van der Waals surface area (Å²) < 4.78 is 10.6. The molecule has 1 aliphatic heterocycles. The van der Waals surface area contributed by atoms with E-state index in [9.17, 15) is 4.79 Å². The van der Waals surface area contributed by atoms with Crippen LogP contribution in [0.2, 0.25) is 0 Å². The minimum atomic E-state index is 0.166. The van der Waals surface area contributed by atoms with Gasteiger partial charge in [-0.15, -0.1) is 0 Å². The molecule has 4 rings (SSSR count). The number of aromatic nitrogens is 3. The molecule has 0 spiro atoms. The van der Waals surface area contributed by atoms with E-state index in [4.69, 9.17) is 9.26 Å². The van der Waals surface area contributed by atoms with Gasteiger partial charge in [0.2, 0.25) is 5.91 Å². The Morgan fingerprint density at radius 3 is 3.07 bits per heavy atom. The number of nitrogens with zero attached hydrogens (tertiary/aromatic N) is 4. The van der Waals surface area contributed by atoms with Gasteiger partial charge in [-0.3, -0.25) is 9.78 Å². The quantitative estimate of drug-likeness (QED) is 0.614. The average Bonchev–Trinajstić information content (AvgIpc) is 3.43. The van der Waals surface area contributed by atoms with Crippen molar-refractivity contribution in [1.29, 1.82) is 0 Å². The predicted molar refractivity (Wildman–Crippen MR) is 107 cm³/mol. The maximum absolute atomic E-state index is 12.6. The monoisotopic (exact) mass is 392 g/mol. The molecule has 1 fully saturated rings. The second-order valence-corrected chi connectivity index (χ2v) is 7.32. The van der Waals surface area contributed by atoms with E-state index in [1.165, 1.54) is 0 Å². The topological polar surface area (TPSA) is 81.4 Å². The normalized spacial score (nSPS) is 16.2. The van der Waals surface area contributed by atoms with Crippen LogP contribution in [0.4, 0.5) is 0 Å². The van der Waals surface area contributed by atoms with Gasteiger partial charge in [0.25, 0.3) is 5.89 Å². The molecule has 1 atom stereocenters. The van der Waals surface area contributed by atoms with Crippen LogP contribution in [0.1, 0.15) is 24.2 Å². The summed E-state index contributed by atoms with van der Waals surface area (Å²) in [4.78, 5) is 23.1. The van der Waals surface area contributed by atoms with E-state index in [-0.39, 0.29) is 5.91 Å². The minimum absolute atomic E-state index is 0.166. The molecule has 150 valence electrons. The summed E-state index contributed by atoms with van der Waals surface area (Å²) in [6.45, 7) is 1.59. The molecule has 1 aromatic carbocycles. The summed E-state index contributed by atoms with van der Waals surface area (Å²) in [6.07, 6.45) is 6.52. The van der Waals surface area contributed by atoms with E-state index in [2.05, 4.69) is 15.1 Å². The van der Waals surface area contributed by atoms with Crippen molar-refractivity contribution in [3.05, 3.63) is 60.2 Å². The molecule has 3 heterocycles. The number of hydrogen-bond donors (Lipinski definition) is 0. The number of rotatable bonds is 7. The lowest BCUT2D eigenvalue weighted by molar-refractivity contribution is -0.129. The van der Waals surface area contributed by atoms with Gasteiger partial charge in [0.05, 0.1) is 19.1 Å². The Labute approximate surface area is 169 Å². The largest absolute Gasteiger partial charge is 0.497 e. The molecular weight excluding hydrogens is 368 g/mol. The number of carbonyl (C=O) groups excluding carboxylic acids is 1. The number of benzene rings is 1. The van der Waals surface area contributed by atoms with Crippen molar-refractivity contribution >= 4 is 5.91 Å². The third kappa shape index (κ3) is 4.80. The summed E-state index contributed by atoms with van der Waals surface area (Å²) >= 11 is 0. The number of likely N-dealkylation sites (tertiary alicyclic amines) is 1. The van der Waals surface area contributed by atoms with Crippen LogP contribution in [0, 0.1) is 5.92 Å². The van der Waals surface area contributed by atoms with Crippen molar-refractivity contribution in [3.63, 3.8) is 0 Å². The average molecular weight is 392 g/mol. The van der Waals surface area contributed by atoms with E-state index in [1.807, 2.05) is 41.3 Å². The number of aryl methyl sites for hydroxylation is 1. The lowest BCUT2D eigenvalue weighted by Crippen LogP contribution is -2.30. The fraction of sp³-hybridized carbons (Fsp3) is 0.364. The molecule has 0 saturated carbocycles. The molecule has 29 heavy (non-hydrogen) atoms. The molecule has 0 aliphatic carbocycles. The molecule has 0 N–H and O–H groups in total. The summed E-state index contributed by atoms with van der Waals surface area (Å²) in [6, 6.07) is 11.4. The zero-order valence-electron chi connectivity index (χ0n) is 16.5. The number of ether oxygens (including phenoxy) is 1. The standard InChI is InChI=1S/C22H24N4O3/c1-28-19-6-2-4-17(12-19)13-21(27)26-11-9-16(15-26)7-8-20-24-22(29-25-20)18-5-3-10-23-14-18/h2-6,10,12,14,16H,7-9,11,13,15H2,1H3. The van der Waals surface area contributed by atoms with Gasteiger partial charge in [0, 0.05) is 31.9 Å². The van der Waals surface area contributed by atoms with Crippen LogP contribution in [-0.4, -0.2) is 46.1 Å². The fourth-order valence-electron chi connectivity index (χ4n) is 3.66. The first-order chi connectivity index (χ1) is 14.2. The zero-order valence-corrected chi connectivity index (χ0v) is 16.5. The van der Waals surface area contributed by atoms with Crippen molar-refractivity contribution < 1.29 is 14.1 Å². The van der Waals surface area contributed by atoms with Crippen LogP contribution in [-0.2, 0) is 17.6 Å². The van der Waals surface area contributed by atoms with Crippen molar-refractivity contribution in [1.82, 2.24) is 20.0 Å². The van der Waals surface area contributed by atoms with Crippen LogP contribution in [0.25, 0.3) is 11.5 Å². The highest BCUT2D eigenvalue weighted by Gasteiger charge is 2.26. The predicted octanol–water partition coefficient (Wildman–Crippen LogP) is 3.16. The first kappa shape index (κ1) is 19.1. The molecule has 1 unspecified atom stereocenters. The Morgan fingerprint density at radius 1 is 1.31 bits per heavy atom. The van der Waals surface area contributed by atoms with Gasteiger partial charge in [0.15, 0.2) is 5.82 Å². The minimum Gasteiger partial charge on any atom is -0.497 e. The molecule has 0 radical (unpaired) electrons. The van der Waals surface area contributed by atoms with Gasteiger partial charge in [-0.2, -0.15) is 4.98 Å². The van der Waals surface area contributed by atoms with E-state index in [1.54, 1.807) is 19.5 Å². The van der Waals surface area contributed by atoms with Crippen LogP contribution in [0.3, 0.4) is 0 Å². The highest BCUT2D eigenvalue weighted by molar-refractivity contribution is 5.79. The van der Waals surface area contributed by atoms with Crippen LogP contribution >= 0.6 is 0 Å². The molecule has 2 aromatic heterocycles. The highest BCUT2D eigenvalue weighted by atomic mass is 16.5. The van der Waals surface area contributed by atoms with E-state index in [0.29, 0.717) is 24.1 Å². The molecule has 1 aliphatic rings. The first-order valence-corrected chi connectivity index (χ1v) is 9.85. The number of hydrogen-bond acceptors (Lipinski definition) is 6. The number of carbonyl (C=O) groups is 1. The SMILES string of the molecule is COc1cccc(CC(=O)N2CCC(CCc3noc(-c4cccnc4)n3)C2)c1. The van der Waals surface area contributed by atoms with Gasteiger partial charge in [-0.1, -0.05) is 17.3 Å². The molecular formula is C22H24N4O3. The van der Waals surface area contributed by atoms with Crippen LogP contribution in [0.15, 0.2) is 53.3 Å². The van der Waals surface area contributed by atoms with Gasteiger partial charge in [-0.05, 0) is 48.6 Å². The molecule has 1 saturated heterocycles. The summed E-state index contributed by atoms with van der Waals surface area (Å²) in [5.74, 6) is 2.60. The molecule has 7 heteroatoms. The maximum Gasteiger partial charge on any atom is 0.259 e. The summed E-state index contributed by atoms with van der Waals surface area (Å²) in [5, 5.41) is 4.07. The van der Waals surface area contributed by atoms with Crippen molar-refractivity contribution in [3.8, 4) is 17.2 Å². The van der Waals surface area contributed by atoms with E-state index < -0.39 is 0 Å². The Balaban J connectivity index is 1.27. The summed E-state index contributed by atoms with van der Waals surface area (Å²) in [7, 11) is 1.63. The molecule has 0 bridgehead atoms. The highest BCUT2D eigenvalue weighted by Crippen LogP contribution is 2.23. The van der Waals surface area contributed by atoms with E-state index in [0.717, 1.165) is 49.2 Å². The Bertz CT molecular complexity index is 957. The third-order valence-electron chi connectivity index (χ3n) is 5.28. The second-order valence-electron chi connectivity index (χ2n) is 7.32. The number of amides is 1. The second kappa shape index (κ2) is 8.86. The van der Waals surface area contributed by atoms with Gasteiger partial charge in [-0.25, -0.2) is 0 Å². The first-order valence-electron chi connectivity index (χ1n) is 9.85. The third-order valence-corrected chi connectivity index (χ3v) is 5.28. The van der Waals surface area contributed by atoms with Crippen LogP contribution < -0.4 is 4.74 Å². The van der Waals surface area contributed by atoms with Crippen molar-refractivity contribution in [2.45, 2.75) is 25.7 Å². The molecule has 7 nitrogen and oxygen atoms in total. The lowest BCUT2D eigenvalue weighted by atomic mass is 10.0. The lowest BCUT2D eigenvalue weighted by Gasteiger charge is -2.16. The Hall–Kier alpha value is -3.22. The Morgan fingerprint density at radius 2 is 2.24 bits per heavy atom. The van der Waals surface area contributed by atoms with Gasteiger partial charge >= 0.3 is 0 Å². The molecule has 1 amide bonds.